The van der Waals surface area contributed by atoms with Gasteiger partial charge in [0, 0.05) is 10.7 Å². The fourth-order valence-electron chi connectivity index (χ4n) is 1.84. The fraction of sp³-hybridized carbons (Fsp3) is 0.286. The molecule has 0 aliphatic carbocycles. The molecule has 0 unspecified atom stereocenters. The van der Waals surface area contributed by atoms with Crippen molar-refractivity contribution in [1.29, 1.82) is 0 Å². The van der Waals surface area contributed by atoms with Crippen LogP contribution in [-0.2, 0) is 11.3 Å². The monoisotopic (exact) mass is 355 g/mol. The van der Waals surface area contributed by atoms with E-state index in [0.29, 0.717) is 10.7 Å². The van der Waals surface area contributed by atoms with Crippen LogP contribution in [0.25, 0.3) is 0 Å². The van der Waals surface area contributed by atoms with Gasteiger partial charge >= 0.3 is 0 Å². The molecule has 1 aromatic carbocycles. The zero-order valence-electron chi connectivity index (χ0n) is 11.5. The van der Waals surface area contributed by atoms with E-state index in [1.807, 2.05) is 32.9 Å². The molecule has 1 aromatic heterocycles. The van der Waals surface area contributed by atoms with Gasteiger partial charge in [-0.15, -0.1) is 0 Å². The molecule has 1 heterocycles. The summed E-state index contributed by atoms with van der Waals surface area (Å²) in [7, 11) is 0. The lowest BCUT2D eigenvalue weighted by atomic mass is 10.2. The molecule has 0 fully saturated rings. The van der Waals surface area contributed by atoms with Crippen molar-refractivity contribution in [3.63, 3.8) is 0 Å². The van der Waals surface area contributed by atoms with Crippen LogP contribution in [0.3, 0.4) is 0 Å². The lowest BCUT2D eigenvalue weighted by Crippen LogP contribution is -2.20. The number of rotatable bonds is 3. The van der Waals surface area contributed by atoms with Crippen LogP contribution in [0.4, 0.5) is 5.69 Å². The van der Waals surface area contributed by atoms with Gasteiger partial charge < -0.3 is 5.32 Å². The molecular weight excluding hydrogens is 342 g/mol. The highest BCUT2D eigenvalue weighted by Crippen LogP contribution is 2.21. The van der Waals surface area contributed by atoms with Gasteiger partial charge in [-0.05, 0) is 54.4 Å². The molecule has 106 valence electrons. The maximum absolute atomic E-state index is 12.0. The minimum atomic E-state index is -0.136. The predicted molar refractivity (Wildman–Crippen MR) is 84.2 cm³/mol. The van der Waals surface area contributed by atoms with Crippen LogP contribution < -0.4 is 5.32 Å². The van der Waals surface area contributed by atoms with Gasteiger partial charge in [0.15, 0.2) is 0 Å². The molecule has 0 saturated carbocycles. The number of aromatic nitrogens is 2. The van der Waals surface area contributed by atoms with Crippen LogP contribution in [0.5, 0.6) is 0 Å². The van der Waals surface area contributed by atoms with E-state index in [-0.39, 0.29) is 12.5 Å². The topological polar surface area (TPSA) is 46.9 Å². The van der Waals surface area contributed by atoms with Gasteiger partial charge in [0.1, 0.15) is 6.54 Å². The smallest absolute Gasteiger partial charge is 0.246 e. The van der Waals surface area contributed by atoms with E-state index >= 15 is 0 Å². The van der Waals surface area contributed by atoms with E-state index in [2.05, 4.69) is 26.3 Å². The maximum Gasteiger partial charge on any atom is 0.246 e. The number of nitrogens with one attached hydrogen (secondary N) is 1. The van der Waals surface area contributed by atoms with Crippen LogP contribution in [0.1, 0.15) is 17.0 Å². The van der Waals surface area contributed by atoms with E-state index in [4.69, 9.17) is 11.6 Å². The molecule has 0 saturated heterocycles. The van der Waals surface area contributed by atoms with Crippen molar-refractivity contribution in [3.8, 4) is 0 Å². The van der Waals surface area contributed by atoms with Crippen molar-refractivity contribution in [2.45, 2.75) is 27.3 Å². The van der Waals surface area contributed by atoms with Gasteiger partial charge in [-0.3, -0.25) is 9.48 Å². The summed E-state index contributed by atoms with van der Waals surface area (Å²) in [6, 6.07) is 5.44. The number of anilines is 1. The number of halogens is 2. The number of aryl methyl sites for hydroxylation is 2. The van der Waals surface area contributed by atoms with Gasteiger partial charge in [-0.1, -0.05) is 17.7 Å². The lowest BCUT2D eigenvalue weighted by molar-refractivity contribution is -0.116. The Morgan fingerprint density at radius 2 is 2.10 bits per heavy atom. The number of hydrogen-bond donors (Lipinski definition) is 1. The van der Waals surface area contributed by atoms with E-state index in [9.17, 15) is 4.79 Å². The normalized spacial score (nSPS) is 10.7. The third-order valence-electron chi connectivity index (χ3n) is 3.04. The molecule has 0 bridgehead atoms. The Hall–Kier alpha value is -1.33. The van der Waals surface area contributed by atoms with Crippen molar-refractivity contribution < 1.29 is 4.79 Å². The number of hydrogen-bond acceptors (Lipinski definition) is 2. The summed E-state index contributed by atoms with van der Waals surface area (Å²) in [6.45, 7) is 5.90. The van der Waals surface area contributed by atoms with Gasteiger partial charge in [-0.25, -0.2) is 0 Å². The number of amides is 1. The average Bonchev–Trinajstić information content (AvgIpc) is 2.61. The molecule has 0 spiro atoms. The fourth-order valence-corrected chi connectivity index (χ4v) is 2.30. The van der Waals surface area contributed by atoms with Crippen LogP contribution in [-0.4, -0.2) is 15.7 Å². The van der Waals surface area contributed by atoms with Crippen molar-refractivity contribution in [2.75, 3.05) is 5.32 Å². The molecule has 0 radical (unpaired) electrons. The third-order valence-corrected chi connectivity index (χ3v) is 4.60. The molecule has 1 amide bonds. The Morgan fingerprint density at radius 1 is 1.40 bits per heavy atom. The van der Waals surface area contributed by atoms with E-state index in [1.54, 1.807) is 10.7 Å². The van der Waals surface area contributed by atoms with Crippen LogP contribution in [0.2, 0.25) is 5.02 Å². The van der Waals surface area contributed by atoms with Gasteiger partial charge in [0.05, 0.1) is 15.9 Å². The zero-order valence-corrected chi connectivity index (χ0v) is 13.8. The molecule has 2 aromatic rings. The highest BCUT2D eigenvalue weighted by molar-refractivity contribution is 9.10. The summed E-state index contributed by atoms with van der Waals surface area (Å²) in [6.07, 6.45) is 0. The van der Waals surface area contributed by atoms with Crippen molar-refractivity contribution in [3.05, 3.63) is 44.6 Å². The first-order valence-electron chi connectivity index (χ1n) is 6.14. The number of benzene rings is 1. The predicted octanol–water partition coefficient (Wildman–Crippen LogP) is 3.86. The third kappa shape index (κ3) is 3.22. The Morgan fingerprint density at radius 3 is 2.65 bits per heavy atom. The van der Waals surface area contributed by atoms with Crippen LogP contribution in [0, 0.1) is 20.8 Å². The number of carbonyl (C=O) groups excluding carboxylic acids is 1. The second-order valence-electron chi connectivity index (χ2n) is 4.65. The number of carbonyl (C=O) groups is 1. The second-order valence-corrected chi connectivity index (χ2v) is 5.85. The SMILES string of the molecule is Cc1ccc(NC(=O)Cn2nc(C)c(Br)c2C)cc1Cl. The van der Waals surface area contributed by atoms with E-state index in [1.165, 1.54) is 0 Å². The van der Waals surface area contributed by atoms with Gasteiger partial charge in [-0.2, -0.15) is 5.10 Å². The molecule has 0 aliphatic rings. The molecule has 2 rings (SSSR count). The first-order chi connectivity index (χ1) is 9.38. The minimum absolute atomic E-state index is 0.136. The highest BCUT2D eigenvalue weighted by atomic mass is 79.9. The summed E-state index contributed by atoms with van der Waals surface area (Å²) >= 11 is 9.47. The summed E-state index contributed by atoms with van der Waals surface area (Å²) in [5, 5.41) is 7.76. The second kappa shape index (κ2) is 5.97. The molecule has 4 nitrogen and oxygen atoms in total. The Labute approximate surface area is 131 Å². The first kappa shape index (κ1) is 15.1. The standard InChI is InChI=1S/C14H15BrClN3O/c1-8-4-5-11(6-12(8)16)17-13(20)7-19-10(3)14(15)9(2)18-19/h4-6H,7H2,1-3H3,(H,17,20). The highest BCUT2D eigenvalue weighted by Gasteiger charge is 2.12. The molecular formula is C14H15BrClN3O. The Bertz CT molecular complexity index is 667. The van der Waals surface area contributed by atoms with Crippen molar-refractivity contribution >= 4 is 39.1 Å². The first-order valence-corrected chi connectivity index (χ1v) is 7.31. The van der Waals surface area contributed by atoms with Crippen LogP contribution >= 0.6 is 27.5 Å². The van der Waals surface area contributed by atoms with E-state index in [0.717, 1.165) is 21.4 Å². The maximum atomic E-state index is 12.0. The zero-order chi connectivity index (χ0) is 14.9. The molecule has 1 N–H and O–H groups in total. The summed E-state index contributed by atoms with van der Waals surface area (Å²) < 4.78 is 2.61. The summed E-state index contributed by atoms with van der Waals surface area (Å²) in [4.78, 5) is 12.0. The summed E-state index contributed by atoms with van der Waals surface area (Å²) in [5.74, 6) is -0.136. The Kier molecular flexibility index (Phi) is 4.50. The van der Waals surface area contributed by atoms with Crippen LogP contribution in [0.15, 0.2) is 22.7 Å². The molecule has 0 atom stereocenters. The van der Waals surface area contributed by atoms with E-state index < -0.39 is 0 Å². The summed E-state index contributed by atoms with van der Waals surface area (Å²) in [5.41, 5.74) is 3.46. The Balaban J connectivity index is 2.09. The minimum Gasteiger partial charge on any atom is -0.324 e. The van der Waals surface area contributed by atoms with Gasteiger partial charge in [0.25, 0.3) is 0 Å². The molecule has 20 heavy (non-hydrogen) atoms. The lowest BCUT2D eigenvalue weighted by Gasteiger charge is -2.08. The average molecular weight is 357 g/mol. The van der Waals surface area contributed by atoms with Crippen molar-refractivity contribution in [1.82, 2.24) is 9.78 Å². The molecule has 6 heteroatoms. The quantitative estimate of drug-likeness (QED) is 0.907. The molecule has 0 aliphatic heterocycles. The van der Waals surface area contributed by atoms with Gasteiger partial charge in [0.2, 0.25) is 5.91 Å². The largest absolute Gasteiger partial charge is 0.324 e. The number of nitrogens with zero attached hydrogens (tertiary/aromatic N) is 2. The van der Waals surface area contributed by atoms with Crippen molar-refractivity contribution in [2.24, 2.45) is 0 Å².